The van der Waals surface area contributed by atoms with Crippen molar-refractivity contribution in [3.05, 3.63) is 46.4 Å². The molecule has 9 heteroatoms. The van der Waals surface area contributed by atoms with Gasteiger partial charge in [0.1, 0.15) is 11.3 Å². The number of benzene rings is 2. The van der Waals surface area contributed by atoms with Gasteiger partial charge in [-0.1, -0.05) is 23.2 Å². The number of nitrogens with zero attached hydrogens (tertiary/aromatic N) is 3. The van der Waals surface area contributed by atoms with Crippen molar-refractivity contribution < 1.29 is 13.9 Å². The average Bonchev–Trinajstić information content (AvgIpc) is 3.09. The third-order valence-corrected chi connectivity index (χ3v) is 4.65. The predicted molar refractivity (Wildman–Crippen MR) is 116 cm³/mol. The Bertz CT molecular complexity index is 1010. The minimum Gasteiger partial charge on any atom is -0.482 e. The molecule has 1 N–H and O–H groups in total. The number of ether oxygens (including phenoxy) is 1. The summed E-state index contributed by atoms with van der Waals surface area (Å²) in [6.45, 7) is 1.49. The van der Waals surface area contributed by atoms with Crippen LogP contribution in [0, 0.1) is 0 Å². The first kappa shape index (κ1) is 21.2. The lowest BCUT2D eigenvalue weighted by Crippen LogP contribution is -2.28. The fraction of sp³-hybridized carbons (Fsp3) is 0.300. The van der Waals surface area contributed by atoms with Gasteiger partial charge in [-0.3, -0.25) is 4.79 Å². The Hall–Kier alpha value is -2.48. The van der Waals surface area contributed by atoms with Gasteiger partial charge in [0, 0.05) is 30.8 Å². The minimum absolute atomic E-state index is 0.184. The molecule has 0 radical (unpaired) electrons. The Morgan fingerprint density at radius 1 is 1.14 bits per heavy atom. The zero-order chi connectivity index (χ0) is 21.0. The Morgan fingerprint density at radius 3 is 2.66 bits per heavy atom. The standard InChI is InChI=1S/C20H22Cl2N4O3/c1-25(2)8-9-26(3)20-24-16-11-14(5-7-18(16)29-20)23-19(27)12-28-17-6-4-13(21)10-15(17)22/h4-7,10-11H,8-9,12H2,1-3H3,(H,23,27). The van der Waals surface area contributed by atoms with Crippen LogP contribution in [-0.4, -0.2) is 56.6 Å². The van der Waals surface area contributed by atoms with Gasteiger partial charge in [-0.05, 0) is 50.5 Å². The van der Waals surface area contributed by atoms with Gasteiger partial charge in [0.15, 0.2) is 12.2 Å². The fourth-order valence-electron chi connectivity index (χ4n) is 2.53. The Morgan fingerprint density at radius 2 is 1.93 bits per heavy atom. The highest BCUT2D eigenvalue weighted by Gasteiger charge is 2.12. The van der Waals surface area contributed by atoms with Gasteiger partial charge in [0.2, 0.25) is 0 Å². The SMILES string of the molecule is CN(C)CCN(C)c1nc2cc(NC(=O)COc3ccc(Cl)cc3Cl)ccc2o1. The summed E-state index contributed by atoms with van der Waals surface area (Å²) in [5.41, 5.74) is 1.92. The maximum Gasteiger partial charge on any atom is 0.298 e. The van der Waals surface area contributed by atoms with Crippen molar-refractivity contribution in [1.82, 2.24) is 9.88 Å². The number of anilines is 2. The molecule has 1 aromatic heterocycles. The van der Waals surface area contributed by atoms with E-state index in [4.69, 9.17) is 32.4 Å². The van der Waals surface area contributed by atoms with Gasteiger partial charge in [-0.2, -0.15) is 4.98 Å². The Labute approximate surface area is 179 Å². The lowest BCUT2D eigenvalue weighted by Gasteiger charge is -2.17. The minimum atomic E-state index is -0.317. The number of fused-ring (bicyclic) bond motifs is 1. The highest BCUT2D eigenvalue weighted by atomic mass is 35.5. The monoisotopic (exact) mass is 436 g/mol. The van der Waals surface area contributed by atoms with E-state index in [0.717, 1.165) is 13.1 Å². The van der Waals surface area contributed by atoms with Crippen LogP contribution in [0.5, 0.6) is 5.75 Å². The summed E-state index contributed by atoms with van der Waals surface area (Å²) in [4.78, 5) is 20.7. The fourth-order valence-corrected chi connectivity index (χ4v) is 3.00. The number of hydrogen-bond donors (Lipinski definition) is 1. The van der Waals surface area contributed by atoms with Crippen LogP contribution in [0.25, 0.3) is 11.1 Å². The topological polar surface area (TPSA) is 70.8 Å². The summed E-state index contributed by atoms with van der Waals surface area (Å²) < 4.78 is 11.2. The maximum absolute atomic E-state index is 12.2. The number of rotatable bonds is 8. The molecule has 0 saturated heterocycles. The number of nitrogens with one attached hydrogen (secondary N) is 1. The number of carbonyl (C=O) groups excluding carboxylic acids is 1. The number of likely N-dealkylation sites (N-methyl/N-ethyl adjacent to an activating group) is 2. The Balaban J connectivity index is 1.61. The summed E-state index contributed by atoms with van der Waals surface area (Å²) in [5, 5.41) is 3.63. The molecule has 29 heavy (non-hydrogen) atoms. The van der Waals surface area contributed by atoms with Crippen LogP contribution >= 0.6 is 23.2 Å². The highest BCUT2D eigenvalue weighted by Crippen LogP contribution is 2.27. The Kier molecular flexibility index (Phi) is 6.84. The summed E-state index contributed by atoms with van der Waals surface area (Å²) >= 11 is 11.9. The molecule has 0 atom stereocenters. The summed E-state index contributed by atoms with van der Waals surface area (Å²) in [6.07, 6.45) is 0. The van der Waals surface area contributed by atoms with Crippen LogP contribution in [0.15, 0.2) is 40.8 Å². The maximum atomic E-state index is 12.2. The highest BCUT2D eigenvalue weighted by molar-refractivity contribution is 6.35. The third kappa shape index (κ3) is 5.76. The van der Waals surface area contributed by atoms with E-state index in [-0.39, 0.29) is 12.5 Å². The average molecular weight is 437 g/mol. The van der Waals surface area contributed by atoms with E-state index in [1.807, 2.05) is 26.0 Å². The van der Waals surface area contributed by atoms with Crippen molar-refractivity contribution in [2.45, 2.75) is 0 Å². The molecule has 2 aromatic carbocycles. The van der Waals surface area contributed by atoms with E-state index in [1.165, 1.54) is 0 Å². The molecule has 0 aliphatic heterocycles. The van der Waals surface area contributed by atoms with Crippen LogP contribution in [0.4, 0.5) is 11.7 Å². The van der Waals surface area contributed by atoms with Crippen molar-refractivity contribution >= 4 is 51.9 Å². The van der Waals surface area contributed by atoms with Crippen LogP contribution in [0.3, 0.4) is 0 Å². The summed E-state index contributed by atoms with van der Waals surface area (Å²) in [7, 11) is 5.95. The lowest BCUT2D eigenvalue weighted by molar-refractivity contribution is -0.118. The van der Waals surface area contributed by atoms with Crippen molar-refractivity contribution in [2.75, 3.05) is 51.1 Å². The zero-order valence-electron chi connectivity index (χ0n) is 16.4. The first-order chi connectivity index (χ1) is 13.8. The largest absolute Gasteiger partial charge is 0.482 e. The second-order valence-corrected chi connectivity index (χ2v) is 7.66. The number of halogens is 2. The smallest absolute Gasteiger partial charge is 0.298 e. The molecular formula is C20H22Cl2N4O3. The molecule has 0 spiro atoms. The summed E-state index contributed by atoms with van der Waals surface area (Å²) in [6, 6.07) is 10.6. The van der Waals surface area contributed by atoms with E-state index in [9.17, 15) is 4.79 Å². The molecule has 3 aromatic rings. The van der Waals surface area contributed by atoms with Gasteiger partial charge in [-0.25, -0.2) is 0 Å². The number of oxazole rings is 1. The zero-order valence-corrected chi connectivity index (χ0v) is 17.9. The van der Waals surface area contributed by atoms with Gasteiger partial charge in [0.05, 0.1) is 5.02 Å². The second-order valence-electron chi connectivity index (χ2n) is 6.82. The molecular weight excluding hydrogens is 415 g/mol. The third-order valence-electron chi connectivity index (χ3n) is 4.12. The van der Waals surface area contributed by atoms with E-state index in [0.29, 0.717) is 38.6 Å². The van der Waals surface area contributed by atoms with E-state index < -0.39 is 0 Å². The predicted octanol–water partition coefficient (Wildman–Crippen LogP) is 4.15. The van der Waals surface area contributed by atoms with Crippen LogP contribution in [0.1, 0.15) is 0 Å². The number of amides is 1. The van der Waals surface area contributed by atoms with Gasteiger partial charge >= 0.3 is 0 Å². The molecule has 7 nitrogen and oxygen atoms in total. The van der Waals surface area contributed by atoms with E-state index >= 15 is 0 Å². The molecule has 0 saturated carbocycles. The number of hydrogen-bond acceptors (Lipinski definition) is 6. The molecule has 1 heterocycles. The molecule has 0 aliphatic carbocycles. The molecule has 0 bridgehead atoms. The van der Waals surface area contributed by atoms with Crippen LogP contribution in [0.2, 0.25) is 10.0 Å². The quantitative estimate of drug-likeness (QED) is 0.571. The number of aromatic nitrogens is 1. The molecule has 0 fully saturated rings. The molecule has 154 valence electrons. The lowest BCUT2D eigenvalue weighted by atomic mass is 10.3. The second kappa shape index (κ2) is 9.35. The van der Waals surface area contributed by atoms with Crippen LogP contribution in [-0.2, 0) is 4.79 Å². The van der Waals surface area contributed by atoms with Crippen molar-refractivity contribution in [3.8, 4) is 5.75 Å². The molecule has 0 unspecified atom stereocenters. The van der Waals surface area contributed by atoms with Crippen LogP contribution < -0.4 is 15.0 Å². The van der Waals surface area contributed by atoms with Crippen molar-refractivity contribution in [1.29, 1.82) is 0 Å². The van der Waals surface area contributed by atoms with Gasteiger partial charge < -0.3 is 24.3 Å². The molecule has 1 amide bonds. The normalized spacial score (nSPS) is 11.1. The van der Waals surface area contributed by atoms with Crippen molar-refractivity contribution in [2.24, 2.45) is 0 Å². The number of carbonyl (C=O) groups is 1. The first-order valence-corrected chi connectivity index (χ1v) is 9.71. The van der Waals surface area contributed by atoms with Crippen molar-refractivity contribution in [3.63, 3.8) is 0 Å². The molecule has 3 rings (SSSR count). The van der Waals surface area contributed by atoms with Gasteiger partial charge in [0.25, 0.3) is 11.9 Å². The summed E-state index contributed by atoms with van der Waals surface area (Å²) in [5.74, 6) is 0.0748. The van der Waals surface area contributed by atoms with E-state index in [2.05, 4.69) is 15.2 Å². The van der Waals surface area contributed by atoms with Gasteiger partial charge in [-0.15, -0.1) is 0 Å². The van der Waals surface area contributed by atoms with E-state index in [1.54, 1.807) is 36.4 Å². The molecule has 0 aliphatic rings. The first-order valence-electron chi connectivity index (χ1n) is 8.96.